The molecule has 0 radical (unpaired) electrons. The molecule has 1 aromatic rings. The van der Waals surface area contributed by atoms with E-state index in [4.69, 9.17) is 9.47 Å². The first-order valence-electron chi connectivity index (χ1n) is 5.07. The first-order valence-corrected chi connectivity index (χ1v) is 5.07. The van der Waals surface area contributed by atoms with Crippen LogP contribution in [0.1, 0.15) is 12.5 Å². The van der Waals surface area contributed by atoms with Gasteiger partial charge < -0.3 is 14.4 Å². The zero-order valence-corrected chi connectivity index (χ0v) is 10.1. The topological polar surface area (TPSA) is 21.7 Å². The molecule has 0 bridgehead atoms. The maximum Gasteiger partial charge on any atom is 0.146 e. The smallest absolute Gasteiger partial charge is 0.146 e. The van der Waals surface area contributed by atoms with Gasteiger partial charge in [-0.1, -0.05) is 0 Å². The lowest BCUT2D eigenvalue weighted by atomic mass is 10.1. The largest absolute Gasteiger partial charge is 0.497 e. The zero-order chi connectivity index (χ0) is 11.4. The molecule has 0 atom stereocenters. The maximum atomic E-state index is 5.37. The van der Waals surface area contributed by atoms with Crippen LogP contribution in [0.25, 0.3) is 0 Å². The van der Waals surface area contributed by atoms with E-state index in [1.54, 1.807) is 14.2 Å². The molecule has 0 unspecified atom stereocenters. The molecular weight excluding hydrogens is 190 g/mol. The summed E-state index contributed by atoms with van der Waals surface area (Å²) >= 11 is 0. The van der Waals surface area contributed by atoms with Gasteiger partial charge in [0.05, 0.1) is 19.9 Å². The van der Waals surface area contributed by atoms with Gasteiger partial charge in [-0.3, -0.25) is 0 Å². The molecule has 0 aliphatic heterocycles. The Morgan fingerprint density at radius 1 is 1.20 bits per heavy atom. The second kappa shape index (κ2) is 4.91. The molecule has 0 fully saturated rings. The van der Waals surface area contributed by atoms with Crippen molar-refractivity contribution in [1.29, 1.82) is 0 Å². The van der Waals surface area contributed by atoms with Crippen LogP contribution in [0.3, 0.4) is 0 Å². The van der Waals surface area contributed by atoms with Crippen LogP contribution in [0.5, 0.6) is 11.5 Å². The summed E-state index contributed by atoms with van der Waals surface area (Å²) < 4.78 is 10.6. The zero-order valence-electron chi connectivity index (χ0n) is 10.1. The number of rotatable bonds is 4. The summed E-state index contributed by atoms with van der Waals surface area (Å²) in [5.41, 5.74) is 2.29. The molecular formula is C12H19NO2. The standard InChI is InChI=1S/C12H19NO2/c1-6-13(3)12-9(2)7-10(14-4)8-11(12)15-5/h7-8H,6H2,1-5H3. The van der Waals surface area contributed by atoms with Gasteiger partial charge >= 0.3 is 0 Å². The average Bonchev–Trinajstić information content (AvgIpc) is 2.26. The molecule has 0 aliphatic rings. The predicted molar refractivity (Wildman–Crippen MR) is 63.2 cm³/mol. The van der Waals surface area contributed by atoms with Crippen LogP contribution in [0, 0.1) is 6.92 Å². The number of ether oxygens (including phenoxy) is 2. The highest BCUT2D eigenvalue weighted by Crippen LogP contribution is 2.35. The second-order valence-electron chi connectivity index (χ2n) is 3.51. The van der Waals surface area contributed by atoms with E-state index in [1.807, 2.05) is 12.1 Å². The summed E-state index contributed by atoms with van der Waals surface area (Å²) in [6, 6.07) is 3.93. The van der Waals surface area contributed by atoms with Gasteiger partial charge in [0.15, 0.2) is 0 Å². The van der Waals surface area contributed by atoms with Crippen molar-refractivity contribution < 1.29 is 9.47 Å². The molecule has 3 nitrogen and oxygen atoms in total. The van der Waals surface area contributed by atoms with E-state index in [1.165, 1.54) is 0 Å². The lowest BCUT2D eigenvalue weighted by Crippen LogP contribution is -2.17. The lowest BCUT2D eigenvalue weighted by Gasteiger charge is -2.22. The van der Waals surface area contributed by atoms with Crippen molar-refractivity contribution in [1.82, 2.24) is 0 Å². The van der Waals surface area contributed by atoms with Crippen molar-refractivity contribution in [3.8, 4) is 11.5 Å². The van der Waals surface area contributed by atoms with E-state index in [2.05, 4.69) is 25.8 Å². The number of hydrogen-bond donors (Lipinski definition) is 0. The van der Waals surface area contributed by atoms with E-state index in [0.717, 1.165) is 29.3 Å². The van der Waals surface area contributed by atoms with Crippen molar-refractivity contribution in [2.24, 2.45) is 0 Å². The summed E-state index contributed by atoms with van der Waals surface area (Å²) in [5.74, 6) is 1.69. The third-order valence-corrected chi connectivity index (χ3v) is 2.55. The summed E-state index contributed by atoms with van der Waals surface area (Å²) in [4.78, 5) is 2.16. The van der Waals surface area contributed by atoms with Crippen molar-refractivity contribution in [3.63, 3.8) is 0 Å². The maximum absolute atomic E-state index is 5.37. The summed E-state index contributed by atoms with van der Waals surface area (Å²) in [7, 11) is 5.40. The number of nitrogens with zero attached hydrogens (tertiary/aromatic N) is 1. The minimum absolute atomic E-state index is 0.831. The summed E-state index contributed by atoms with van der Waals surface area (Å²) in [5, 5.41) is 0. The fourth-order valence-corrected chi connectivity index (χ4v) is 1.64. The third-order valence-electron chi connectivity index (χ3n) is 2.55. The molecule has 0 heterocycles. The number of benzene rings is 1. The monoisotopic (exact) mass is 209 g/mol. The van der Waals surface area contributed by atoms with Crippen LogP contribution in [0.2, 0.25) is 0 Å². The molecule has 0 saturated heterocycles. The number of hydrogen-bond acceptors (Lipinski definition) is 3. The third kappa shape index (κ3) is 2.35. The first-order chi connectivity index (χ1) is 7.13. The van der Waals surface area contributed by atoms with Gasteiger partial charge in [0.25, 0.3) is 0 Å². The summed E-state index contributed by atoms with van der Waals surface area (Å²) in [6.07, 6.45) is 0. The highest BCUT2D eigenvalue weighted by atomic mass is 16.5. The van der Waals surface area contributed by atoms with Crippen molar-refractivity contribution in [2.45, 2.75) is 13.8 Å². The van der Waals surface area contributed by atoms with Gasteiger partial charge in [-0.2, -0.15) is 0 Å². The van der Waals surface area contributed by atoms with Crippen LogP contribution in [-0.4, -0.2) is 27.8 Å². The van der Waals surface area contributed by atoms with Crippen LogP contribution >= 0.6 is 0 Å². The Hall–Kier alpha value is -1.38. The van der Waals surface area contributed by atoms with Crippen LogP contribution in [0.15, 0.2) is 12.1 Å². The van der Waals surface area contributed by atoms with Gasteiger partial charge in [0.1, 0.15) is 11.5 Å². The van der Waals surface area contributed by atoms with Crippen molar-refractivity contribution >= 4 is 5.69 Å². The predicted octanol–water partition coefficient (Wildman–Crippen LogP) is 2.47. The Bertz CT molecular complexity index is 337. The fraction of sp³-hybridized carbons (Fsp3) is 0.500. The first kappa shape index (κ1) is 11.7. The highest BCUT2D eigenvalue weighted by molar-refractivity contribution is 5.65. The van der Waals surface area contributed by atoms with Gasteiger partial charge in [-0.05, 0) is 25.5 Å². The Balaban J connectivity index is 3.24. The van der Waals surface area contributed by atoms with Crippen molar-refractivity contribution in [3.05, 3.63) is 17.7 Å². The molecule has 15 heavy (non-hydrogen) atoms. The van der Waals surface area contributed by atoms with E-state index in [-0.39, 0.29) is 0 Å². The molecule has 84 valence electrons. The molecule has 0 aliphatic carbocycles. The molecule has 3 heteroatoms. The van der Waals surface area contributed by atoms with Gasteiger partial charge in [0.2, 0.25) is 0 Å². The second-order valence-corrected chi connectivity index (χ2v) is 3.51. The van der Waals surface area contributed by atoms with Crippen LogP contribution in [0.4, 0.5) is 5.69 Å². The molecule has 0 spiro atoms. The minimum atomic E-state index is 0.831. The van der Waals surface area contributed by atoms with Crippen molar-refractivity contribution in [2.75, 3.05) is 32.7 Å². The molecule has 0 saturated carbocycles. The average molecular weight is 209 g/mol. The number of methoxy groups -OCH3 is 2. The Labute approximate surface area is 91.6 Å². The Kier molecular flexibility index (Phi) is 3.83. The molecule has 0 aromatic heterocycles. The van der Waals surface area contributed by atoms with Gasteiger partial charge in [-0.15, -0.1) is 0 Å². The highest BCUT2D eigenvalue weighted by Gasteiger charge is 2.12. The van der Waals surface area contributed by atoms with E-state index >= 15 is 0 Å². The Morgan fingerprint density at radius 3 is 2.33 bits per heavy atom. The quantitative estimate of drug-likeness (QED) is 0.760. The molecule has 0 N–H and O–H groups in total. The fourth-order valence-electron chi connectivity index (χ4n) is 1.64. The van der Waals surface area contributed by atoms with E-state index in [9.17, 15) is 0 Å². The van der Waals surface area contributed by atoms with E-state index < -0.39 is 0 Å². The normalized spacial score (nSPS) is 9.93. The van der Waals surface area contributed by atoms with Gasteiger partial charge in [-0.25, -0.2) is 0 Å². The molecule has 1 rings (SSSR count). The van der Waals surface area contributed by atoms with E-state index in [0.29, 0.717) is 0 Å². The van der Waals surface area contributed by atoms with Gasteiger partial charge in [0, 0.05) is 19.7 Å². The SMILES string of the molecule is CCN(C)c1c(C)cc(OC)cc1OC. The number of aryl methyl sites for hydroxylation is 1. The van der Waals surface area contributed by atoms with Crippen LogP contribution in [-0.2, 0) is 0 Å². The lowest BCUT2D eigenvalue weighted by molar-refractivity contribution is 0.394. The Morgan fingerprint density at radius 2 is 1.87 bits per heavy atom. The summed E-state index contributed by atoms with van der Waals surface area (Å²) in [6.45, 7) is 5.12. The number of anilines is 1. The molecule has 0 amide bonds. The minimum Gasteiger partial charge on any atom is -0.497 e. The molecule has 1 aromatic carbocycles. The van der Waals surface area contributed by atoms with Crippen LogP contribution < -0.4 is 14.4 Å².